The molecule has 0 unspecified atom stereocenters. The summed E-state index contributed by atoms with van der Waals surface area (Å²) in [5.74, 6) is -2.40. The minimum absolute atomic E-state index is 0.376. The van der Waals surface area contributed by atoms with Gasteiger partial charge in [-0.05, 0) is 4.92 Å². The number of halogens is 3. The highest BCUT2D eigenvalue weighted by atomic mass is 19.4. The first-order valence-corrected chi connectivity index (χ1v) is 4.37. The second-order valence-corrected chi connectivity index (χ2v) is 2.94. The fraction of sp³-hybridized carbons (Fsp3) is 0.375. The van der Waals surface area contributed by atoms with Crippen LogP contribution in [-0.4, -0.2) is 28.5 Å². The van der Waals surface area contributed by atoms with Crippen LogP contribution in [0.1, 0.15) is 5.56 Å². The number of hydrogen-bond donors (Lipinski definition) is 1. The van der Waals surface area contributed by atoms with E-state index in [4.69, 9.17) is 5.11 Å². The van der Waals surface area contributed by atoms with Crippen molar-refractivity contribution in [2.45, 2.75) is 13.0 Å². The number of aliphatic hydroxyl groups excluding tert-OH is 1. The third-order valence-electron chi connectivity index (χ3n) is 1.78. The van der Waals surface area contributed by atoms with Gasteiger partial charge in [-0.3, -0.25) is 0 Å². The summed E-state index contributed by atoms with van der Waals surface area (Å²) in [6.45, 7) is -0.841. The second-order valence-electron chi connectivity index (χ2n) is 2.94. The van der Waals surface area contributed by atoms with Crippen LogP contribution < -0.4 is 9.47 Å². The lowest BCUT2D eigenvalue weighted by Gasteiger charge is -2.09. The topological polar surface area (TPSA) is 94.7 Å². The lowest BCUT2D eigenvalue weighted by molar-refractivity contribution is -0.391. The third-order valence-corrected chi connectivity index (χ3v) is 1.78. The van der Waals surface area contributed by atoms with Crippen LogP contribution in [0.3, 0.4) is 0 Å². The van der Waals surface area contributed by atoms with E-state index in [0.717, 1.165) is 13.2 Å². The molecule has 1 N–H and O–H groups in total. The zero-order chi connectivity index (χ0) is 13.9. The number of alkyl halides is 3. The molecule has 18 heavy (non-hydrogen) atoms. The van der Waals surface area contributed by atoms with Crippen molar-refractivity contribution < 1.29 is 32.7 Å². The van der Waals surface area contributed by atoms with Gasteiger partial charge in [-0.2, -0.15) is 0 Å². The quantitative estimate of drug-likeness (QED) is 0.655. The number of aliphatic hydroxyl groups is 1. The summed E-state index contributed by atoms with van der Waals surface area (Å²) >= 11 is 0. The van der Waals surface area contributed by atoms with Crippen molar-refractivity contribution >= 4 is 5.82 Å². The standard InChI is InChI=1S/C8H7F3N2O5/c1-17-5-2-4(3-14)7(18-8(9,10)11)12-6(5)13(15)16/h2,14H,3H2,1H3. The minimum atomic E-state index is -5.07. The molecule has 10 heteroatoms. The summed E-state index contributed by atoms with van der Waals surface area (Å²) in [6.07, 6.45) is -5.07. The highest BCUT2D eigenvalue weighted by molar-refractivity contribution is 5.46. The Labute approximate surface area is 97.9 Å². The zero-order valence-electron chi connectivity index (χ0n) is 8.89. The normalized spacial score (nSPS) is 11.2. The van der Waals surface area contributed by atoms with E-state index in [2.05, 4.69) is 14.5 Å². The summed E-state index contributed by atoms with van der Waals surface area (Å²) in [5.41, 5.74) is -0.380. The van der Waals surface area contributed by atoms with Crippen LogP contribution in [0.15, 0.2) is 6.07 Å². The molecule has 0 radical (unpaired) electrons. The van der Waals surface area contributed by atoms with Crippen LogP contribution in [0, 0.1) is 10.1 Å². The van der Waals surface area contributed by atoms with Gasteiger partial charge in [0.05, 0.1) is 19.3 Å². The molecule has 1 aromatic rings. The van der Waals surface area contributed by atoms with Gasteiger partial charge in [0.2, 0.25) is 5.75 Å². The molecule has 0 amide bonds. The molecule has 7 nitrogen and oxygen atoms in total. The lowest BCUT2D eigenvalue weighted by Crippen LogP contribution is -2.19. The van der Waals surface area contributed by atoms with Gasteiger partial charge in [0.15, 0.2) is 0 Å². The molecule has 0 saturated heterocycles. The van der Waals surface area contributed by atoms with Crippen molar-refractivity contribution in [1.82, 2.24) is 4.98 Å². The van der Waals surface area contributed by atoms with E-state index in [9.17, 15) is 23.3 Å². The van der Waals surface area contributed by atoms with Crippen LogP contribution >= 0.6 is 0 Å². The maximum absolute atomic E-state index is 12.0. The Bertz CT molecular complexity index is 463. The van der Waals surface area contributed by atoms with Crippen molar-refractivity contribution in [3.05, 3.63) is 21.7 Å². The van der Waals surface area contributed by atoms with Gasteiger partial charge in [-0.15, -0.1) is 13.2 Å². The Morgan fingerprint density at radius 2 is 2.17 bits per heavy atom. The van der Waals surface area contributed by atoms with Gasteiger partial charge in [0.25, 0.3) is 0 Å². The van der Waals surface area contributed by atoms with E-state index in [1.54, 1.807) is 0 Å². The molecule has 0 saturated carbocycles. The second kappa shape index (κ2) is 5.04. The summed E-state index contributed by atoms with van der Waals surface area (Å²) < 4.78 is 44.1. The summed E-state index contributed by atoms with van der Waals surface area (Å²) in [5, 5.41) is 19.4. The Morgan fingerprint density at radius 1 is 1.56 bits per heavy atom. The van der Waals surface area contributed by atoms with Crippen LogP contribution in [-0.2, 0) is 6.61 Å². The number of ether oxygens (including phenoxy) is 2. The largest absolute Gasteiger partial charge is 0.575 e. The van der Waals surface area contributed by atoms with Crippen molar-refractivity contribution in [1.29, 1.82) is 0 Å². The molecule has 0 aliphatic heterocycles. The van der Waals surface area contributed by atoms with E-state index >= 15 is 0 Å². The van der Waals surface area contributed by atoms with Crippen molar-refractivity contribution in [3.8, 4) is 11.6 Å². The molecule has 0 atom stereocenters. The van der Waals surface area contributed by atoms with Crippen LogP contribution in [0.2, 0.25) is 0 Å². The number of nitro groups is 1. The number of pyridine rings is 1. The first kappa shape index (κ1) is 14.0. The van der Waals surface area contributed by atoms with Gasteiger partial charge in [0, 0.05) is 11.1 Å². The molecule has 0 aliphatic rings. The molecule has 100 valence electrons. The highest BCUT2D eigenvalue weighted by Crippen LogP contribution is 2.33. The van der Waals surface area contributed by atoms with Gasteiger partial charge < -0.3 is 24.7 Å². The number of nitrogens with zero attached hydrogens (tertiary/aromatic N) is 2. The average Bonchev–Trinajstić information content (AvgIpc) is 2.26. The van der Waals surface area contributed by atoms with E-state index in [-0.39, 0.29) is 11.3 Å². The molecular formula is C8H7F3N2O5. The van der Waals surface area contributed by atoms with Gasteiger partial charge in [-0.25, -0.2) is 0 Å². The van der Waals surface area contributed by atoms with Crippen LogP contribution in [0.4, 0.5) is 19.0 Å². The van der Waals surface area contributed by atoms with Crippen molar-refractivity contribution in [2.24, 2.45) is 0 Å². The SMILES string of the molecule is COc1cc(CO)c(OC(F)(F)F)nc1[N+](=O)[O-]. The Morgan fingerprint density at radius 3 is 2.56 bits per heavy atom. The van der Waals surface area contributed by atoms with Gasteiger partial charge in [-0.1, -0.05) is 0 Å². The monoisotopic (exact) mass is 268 g/mol. The predicted molar refractivity (Wildman–Crippen MR) is 50.0 cm³/mol. The molecule has 1 rings (SSSR count). The Balaban J connectivity index is 3.32. The average molecular weight is 268 g/mol. The Hall–Kier alpha value is -2.10. The van der Waals surface area contributed by atoms with Crippen LogP contribution in [0.5, 0.6) is 11.6 Å². The van der Waals surface area contributed by atoms with E-state index in [0.29, 0.717) is 0 Å². The zero-order valence-corrected chi connectivity index (χ0v) is 8.89. The molecule has 0 aromatic carbocycles. The van der Waals surface area contributed by atoms with E-state index < -0.39 is 29.6 Å². The number of rotatable bonds is 4. The van der Waals surface area contributed by atoms with E-state index in [1.165, 1.54) is 0 Å². The summed E-state index contributed by atoms with van der Waals surface area (Å²) in [6, 6.07) is 0.853. The number of hydrogen-bond acceptors (Lipinski definition) is 6. The predicted octanol–water partition coefficient (Wildman–Crippen LogP) is 1.39. The first-order chi connectivity index (χ1) is 8.28. The van der Waals surface area contributed by atoms with Gasteiger partial charge in [0.1, 0.15) is 0 Å². The van der Waals surface area contributed by atoms with Gasteiger partial charge >= 0.3 is 18.1 Å². The first-order valence-electron chi connectivity index (χ1n) is 4.37. The number of methoxy groups -OCH3 is 1. The molecular weight excluding hydrogens is 261 g/mol. The fourth-order valence-electron chi connectivity index (χ4n) is 1.10. The molecule has 0 fully saturated rings. The maximum Gasteiger partial charge on any atom is 0.575 e. The minimum Gasteiger partial charge on any atom is -0.489 e. The van der Waals surface area contributed by atoms with Crippen LogP contribution in [0.25, 0.3) is 0 Å². The maximum atomic E-state index is 12.0. The summed E-state index contributed by atoms with van der Waals surface area (Å²) in [7, 11) is 1.08. The fourth-order valence-corrected chi connectivity index (χ4v) is 1.10. The highest BCUT2D eigenvalue weighted by Gasteiger charge is 2.36. The van der Waals surface area contributed by atoms with Crippen molar-refractivity contribution in [2.75, 3.05) is 7.11 Å². The number of aromatic nitrogens is 1. The van der Waals surface area contributed by atoms with Crippen molar-refractivity contribution in [3.63, 3.8) is 0 Å². The molecule has 0 spiro atoms. The molecule has 1 aromatic heterocycles. The molecule has 0 bridgehead atoms. The molecule has 0 aliphatic carbocycles. The smallest absolute Gasteiger partial charge is 0.489 e. The third kappa shape index (κ3) is 3.20. The molecule has 1 heterocycles. The lowest BCUT2D eigenvalue weighted by atomic mass is 10.2. The summed E-state index contributed by atoms with van der Waals surface area (Å²) in [4.78, 5) is 12.6. The van der Waals surface area contributed by atoms with E-state index in [1.807, 2.05) is 0 Å². The Kier molecular flexibility index (Phi) is 3.91.